The predicted molar refractivity (Wildman–Crippen MR) is 72.7 cm³/mol. The molecule has 112 valence electrons. The number of methoxy groups -OCH3 is 1. The molecule has 2 aromatic rings. The van der Waals surface area contributed by atoms with Crippen LogP contribution in [0.15, 0.2) is 30.5 Å². The standard InChI is InChI=1S/C14H16N2O5/c1-3-20-12-6-4-5-10(14(17)19-2)11(12)9-21-13-7-8-16(18)15-13/h4-8,18H,3,9H2,1-2H3. The van der Waals surface area contributed by atoms with E-state index in [4.69, 9.17) is 19.4 Å². The molecule has 21 heavy (non-hydrogen) atoms. The zero-order valence-corrected chi connectivity index (χ0v) is 11.8. The van der Waals surface area contributed by atoms with E-state index in [0.717, 1.165) is 0 Å². The molecule has 0 aliphatic rings. The second-order valence-corrected chi connectivity index (χ2v) is 4.07. The van der Waals surface area contributed by atoms with E-state index in [9.17, 15) is 4.79 Å². The van der Waals surface area contributed by atoms with Gasteiger partial charge in [-0.25, -0.2) is 4.79 Å². The van der Waals surface area contributed by atoms with Gasteiger partial charge in [0, 0.05) is 11.6 Å². The highest BCUT2D eigenvalue weighted by Crippen LogP contribution is 2.25. The van der Waals surface area contributed by atoms with Crippen molar-refractivity contribution < 1.29 is 24.2 Å². The lowest BCUT2D eigenvalue weighted by molar-refractivity contribution is 0.0596. The van der Waals surface area contributed by atoms with Crippen molar-refractivity contribution in [3.05, 3.63) is 41.6 Å². The van der Waals surface area contributed by atoms with Crippen LogP contribution in [-0.4, -0.2) is 34.8 Å². The number of carbonyl (C=O) groups is 1. The van der Waals surface area contributed by atoms with E-state index >= 15 is 0 Å². The van der Waals surface area contributed by atoms with Gasteiger partial charge in [0.25, 0.3) is 0 Å². The maximum Gasteiger partial charge on any atom is 0.338 e. The monoisotopic (exact) mass is 292 g/mol. The first kappa shape index (κ1) is 14.7. The summed E-state index contributed by atoms with van der Waals surface area (Å²) in [6, 6.07) is 6.60. The second kappa shape index (κ2) is 6.65. The minimum Gasteiger partial charge on any atom is -0.493 e. The maximum atomic E-state index is 11.8. The molecule has 1 heterocycles. The third-order valence-corrected chi connectivity index (χ3v) is 2.75. The van der Waals surface area contributed by atoms with Crippen LogP contribution in [0.5, 0.6) is 11.6 Å². The fraction of sp³-hybridized carbons (Fsp3) is 0.286. The Morgan fingerprint density at radius 2 is 2.14 bits per heavy atom. The number of ether oxygens (including phenoxy) is 3. The summed E-state index contributed by atoms with van der Waals surface area (Å²) < 4.78 is 15.7. The number of benzene rings is 1. The molecule has 0 atom stereocenters. The van der Waals surface area contributed by atoms with E-state index in [0.29, 0.717) is 28.3 Å². The van der Waals surface area contributed by atoms with Crippen molar-refractivity contribution in [3.63, 3.8) is 0 Å². The van der Waals surface area contributed by atoms with Gasteiger partial charge in [0.05, 0.1) is 25.5 Å². The molecule has 0 spiro atoms. The van der Waals surface area contributed by atoms with Gasteiger partial charge >= 0.3 is 5.97 Å². The van der Waals surface area contributed by atoms with Crippen LogP contribution in [0.25, 0.3) is 0 Å². The Balaban J connectivity index is 2.27. The average Bonchev–Trinajstić information content (AvgIpc) is 2.91. The molecule has 0 unspecified atom stereocenters. The molecule has 0 saturated heterocycles. The first-order chi connectivity index (χ1) is 10.2. The van der Waals surface area contributed by atoms with E-state index in [1.807, 2.05) is 6.92 Å². The molecule has 0 saturated carbocycles. The zero-order chi connectivity index (χ0) is 15.2. The number of carbonyl (C=O) groups excluding carboxylic acids is 1. The summed E-state index contributed by atoms with van der Waals surface area (Å²) in [6.07, 6.45) is 1.34. The van der Waals surface area contributed by atoms with Crippen LogP contribution in [0.4, 0.5) is 0 Å². The summed E-state index contributed by atoms with van der Waals surface area (Å²) in [4.78, 5) is 12.5. The summed E-state index contributed by atoms with van der Waals surface area (Å²) in [5, 5.41) is 12.8. The fourth-order valence-corrected chi connectivity index (χ4v) is 1.83. The van der Waals surface area contributed by atoms with Crippen molar-refractivity contribution in [2.45, 2.75) is 13.5 Å². The number of esters is 1. The quantitative estimate of drug-likeness (QED) is 0.646. The Hall–Kier alpha value is -2.70. The van der Waals surface area contributed by atoms with Crippen LogP contribution in [-0.2, 0) is 11.3 Å². The zero-order valence-electron chi connectivity index (χ0n) is 11.8. The molecule has 7 nitrogen and oxygen atoms in total. The lowest BCUT2D eigenvalue weighted by Gasteiger charge is -2.13. The summed E-state index contributed by atoms with van der Waals surface area (Å²) >= 11 is 0. The van der Waals surface area contributed by atoms with Gasteiger partial charge < -0.3 is 19.4 Å². The Labute approximate surface area is 121 Å². The van der Waals surface area contributed by atoms with Crippen LogP contribution in [0, 0.1) is 0 Å². The van der Waals surface area contributed by atoms with E-state index in [1.165, 1.54) is 19.4 Å². The minimum atomic E-state index is -0.470. The number of aromatic nitrogens is 2. The molecule has 0 radical (unpaired) electrons. The largest absolute Gasteiger partial charge is 0.493 e. The third-order valence-electron chi connectivity index (χ3n) is 2.75. The molecule has 7 heteroatoms. The third kappa shape index (κ3) is 3.44. The Bertz CT molecular complexity index is 624. The smallest absolute Gasteiger partial charge is 0.338 e. The minimum absolute atomic E-state index is 0.0671. The van der Waals surface area contributed by atoms with Gasteiger partial charge in [-0.1, -0.05) is 11.2 Å². The lowest BCUT2D eigenvalue weighted by atomic mass is 10.1. The van der Waals surface area contributed by atoms with Gasteiger partial charge in [0.15, 0.2) is 0 Å². The van der Waals surface area contributed by atoms with Gasteiger partial charge in [0.2, 0.25) is 5.88 Å². The first-order valence-corrected chi connectivity index (χ1v) is 6.36. The van der Waals surface area contributed by atoms with Crippen molar-refractivity contribution in [2.24, 2.45) is 0 Å². The number of rotatable bonds is 6. The Kier molecular flexibility index (Phi) is 4.65. The molecule has 0 aliphatic heterocycles. The van der Waals surface area contributed by atoms with Gasteiger partial charge in [-0.3, -0.25) is 0 Å². The van der Waals surface area contributed by atoms with Gasteiger partial charge in [-0.15, -0.1) is 4.85 Å². The van der Waals surface area contributed by atoms with Gasteiger partial charge in [0.1, 0.15) is 12.4 Å². The van der Waals surface area contributed by atoms with Crippen molar-refractivity contribution in [1.29, 1.82) is 0 Å². The van der Waals surface area contributed by atoms with Crippen LogP contribution in [0.2, 0.25) is 0 Å². The molecule has 1 aromatic carbocycles. The molecule has 0 fully saturated rings. The molecule has 0 amide bonds. The molecule has 2 rings (SSSR count). The highest BCUT2D eigenvalue weighted by molar-refractivity contribution is 5.91. The van der Waals surface area contributed by atoms with Gasteiger partial charge in [-0.2, -0.15) is 0 Å². The average molecular weight is 292 g/mol. The van der Waals surface area contributed by atoms with Crippen molar-refractivity contribution >= 4 is 5.97 Å². The predicted octanol–water partition coefficient (Wildman–Crippen LogP) is 1.88. The SMILES string of the molecule is CCOc1cccc(C(=O)OC)c1COc1ccn(O)n1. The Morgan fingerprint density at radius 3 is 2.76 bits per heavy atom. The Morgan fingerprint density at radius 1 is 1.33 bits per heavy atom. The topological polar surface area (TPSA) is 82.8 Å². The molecule has 1 aromatic heterocycles. The van der Waals surface area contributed by atoms with Crippen LogP contribution in [0.3, 0.4) is 0 Å². The lowest BCUT2D eigenvalue weighted by Crippen LogP contribution is -2.10. The molecular formula is C14H16N2O5. The highest BCUT2D eigenvalue weighted by Gasteiger charge is 2.17. The number of nitrogens with zero attached hydrogens (tertiary/aromatic N) is 2. The molecule has 1 N–H and O–H groups in total. The van der Waals surface area contributed by atoms with Crippen LogP contribution < -0.4 is 9.47 Å². The normalized spacial score (nSPS) is 10.2. The number of hydrogen-bond acceptors (Lipinski definition) is 6. The van der Waals surface area contributed by atoms with E-state index in [2.05, 4.69) is 5.10 Å². The van der Waals surface area contributed by atoms with E-state index in [-0.39, 0.29) is 12.5 Å². The summed E-state index contributed by atoms with van der Waals surface area (Å²) in [6.45, 7) is 2.38. The summed E-state index contributed by atoms with van der Waals surface area (Å²) in [7, 11) is 1.31. The maximum absolute atomic E-state index is 11.8. The van der Waals surface area contributed by atoms with E-state index < -0.39 is 5.97 Å². The number of hydrogen-bond donors (Lipinski definition) is 1. The van der Waals surface area contributed by atoms with Crippen LogP contribution in [0.1, 0.15) is 22.8 Å². The first-order valence-electron chi connectivity index (χ1n) is 6.36. The summed E-state index contributed by atoms with van der Waals surface area (Å²) in [5.74, 6) is 0.311. The van der Waals surface area contributed by atoms with Crippen molar-refractivity contribution in [2.75, 3.05) is 13.7 Å². The van der Waals surface area contributed by atoms with Crippen LogP contribution >= 0.6 is 0 Å². The highest BCUT2D eigenvalue weighted by atomic mass is 16.5. The van der Waals surface area contributed by atoms with Crippen molar-refractivity contribution in [3.8, 4) is 11.6 Å². The molecule has 0 aliphatic carbocycles. The van der Waals surface area contributed by atoms with Gasteiger partial charge in [-0.05, 0) is 19.1 Å². The van der Waals surface area contributed by atoms with Crippen molar-refractivity contribution in [1.82, 2.24) is 9.94 Å². The molecule has 0 bridgehead atoms. The molecular weight excluding hydrogens is 276 g/mol. The summed E-state index contributed by atoms with van der Waals surface area (Å²) in [5.41, 5.74) is 0.936. The second-order valence-electron chi connectivity index (χ2n) is 4.07. The van der Waals surface area contributed by atoms with E-state index in [1.54, 1.807) is 18.2 Å². The fourth-order valence-electron chi connectivity index (χ4n) is 1.83.